The standard InChI is InChI=1S/C15H20N2/c1-16-15-11-7-6-8-13(15)12-17(2)14-9-4-3-5-10-14/h6-8,11,14H,3-5,9-10,12H2,2H3. The Kier molecular flexibility index (Phi) is 4.17. The van der Waals surface area contributed by atoms with Crippen LogP contribution in [0.3, 0.4) is 0 Å². The lowest BCUT2D eigenvalue weighted by Crippen LogP contribution is -2.32. The fourth-order valence-electron chi connectivity index (χ4n) is 2.67. The molecule has 1 saturated carbocycles. The van der Waals surface area contributed by atoms with E-state index in [1.807, 2.05) is 18.2 Å². The minimum absolute atomic E-state index is 0.711. The second-order valence-electron chi connectivity index (χ2n) is 4.95. The van der Waals surface area contributed by atoms with Crippen molar-refractivity contribution in [2.45, 2.75) is 44.7 Å². The van der Waals surface area contributed by atoms with Gasteiger partial charge < -0.3 is 4.90 Å². The predicted octanol–water partition coefficient (Wildman–Crippen LogP) is 4.00. The molecule has 2 rings (SSSR count). The summed E-state index contributed by atoms with van der Waals surface area (Å²) in [6, 6.07) is 8.67. The van der Waals surface area contributed by atoms with Gasteiger partial charge in [-0.05, 0) is 25.5 Å². The summed E-state index contributed by atoms with van der Waals surface area (Å²) in [5.41, 5.74) is 1.96. The highest BCUT2D eigenvalue weighted by molar-refractivity contribution is 5.51. The Labute approximate surface area is 104 Å². The third-order valence-corrected chi connectivity index (χ3v) is 3.73. The summed E-state index contributed by atoms with van der Waals surface area (Å²) in [7, 11) is 2.19. The van der Waals surface area contributed by atoms with Crippen molar-refractivity contribution < 1.29 is 0 Å². The molecule has 90 valence electrons. The van der Waals surface area contributed by atoms with E-state index in [9.17, 15) is 0 Å². The van der Waals surface area contributed by atoms with E-state index in [0.29, 0.717) is 6.04 Å². The molecule has 0 heterocycles. The van der Waals surface area contributed by atoms with Gasteiger partial charge in [0.25, 0.3) is 0 Å². The molecule has 1 fully saturated rings. The summed E-state index contributed by atoms with van der Waals surface area (Å²) in [6.07, 6.45) is 6.75. The molecule has 0 N–H and O–H groups in total. The lowest BCUT2D eigenvalue weighted by molar-refractivity contribution is 0.185. The molecule has 1 aliphatic carbocycles. The molecule has 17 heavy (non-hydrogen) atoms. The van der Waals surface area contributed by atoms with E-state index in [1.165, 1.54) is 32.1 Å². The molecule has 1 aromatic rings. The minimum Gasteiger partial charge on any atom is -0.300 e. The minimum atomic E-state index is 0.711. The normalized spacial score (nSPS) is 17.0. The number of rotatable bonds is 3. The monoisotopic (exact) mass is 228 g/mol. The predicted molar refractivity (Wildman–Crippen MR) is 71.0 cm³/mol. The summed E-state index contributed by atoms with van der Waals surface area (Å²) >= 11 is 0. The van der Waals surface area contributed by atoms with Crippen molar-refractivity contribution in [1.29, 1.82) is 0 Å². The number of hydrogen-bond donors (Lipinski definition) is 0. The molecular weight excluding hydrogens is 208 g/mol. The first kappa shape index (κ1) is 12.1. The molecule has 0 radical (unpaired) electrons. The summed E-state index contributed by atoms with van der Waals surface area (Å²) in [4.78, 5) is 6.01. The first-order valence-corrected chi connectivity index (χ1v) is 6.47. The Morgan fingerprint density at radius 3 is 2.65 bits per heavy atom. The van der Waals surface area contributed by atoms with Gasteiger partial charge in [-0.25, -0.2) is 4.85 Å². The average Bonchev–Trinajstić information content (AvgIpc) is 2.40. The zero-order valence-corrected chi connectivity index (χ0v) is 10.5. The van der Waals surface area contributed by atoms with Gasteiger partial charge in [-0.2, -0.15) is 0 Å². The summed E-state index contributed by atoms with van der Waals surface area (Å²) in [6.45, 7) is 8.09. The lowest BCUT2D eigenvalue weighted by Gasteiger charge is -2.31. The second kappa shape index (κ2) is 5.84. The largest absolute Gasteiger partial charge is 0.300 e. The van der Waals surface area contributed by atoms with E-state index in [2.05, 4.69) is 22.9 Å². The fourth-order valence-corrected chi connectivity index (χ4v) is 2.67. The topological polar surface area (TPSA) is 7.60 Å². The van der Waals surface area contributed by atoms with Crippen molar-refractivity contribution in [2.75, 3.05) is 7.05 Å². The number of hydrogen-bond acceptors (Lipinski definition) is 1. The summed E-state index contributed by atoms with van der Waals surface area (Å²) < 4.78 is 0. The van der Waals surface area contributed by atoms with E-state index >= 15 is 0 Å². The first-order chi connectivity index (χ1) is 8.31. The second-order valence-corrected chi connectivity index (χ2v) is 4.95. The van der Waals surface area contributed by atoms with Gasteiger partial charge in [0, 0.05) is 12.6 Å². The van der Waals surface area contributed by atoms with Crippen molar-refractivity contribution in [2.24, 2.45) is 0 Å². The van der Waals surface area contributed by atoms with Crippen LogP contribution >= 0.6 is 0 Å². The Morgan fingerprint density at radius 2 is 1.94 bits per heavy atom. The summed E-state index contributed by atoms with van der Waals surface area (Å²) in [5, 5.41) is 0. The molecule has 0 bridgehead atoms. The lowest BCUT2D eigenvalue weighted by atomic mass is 9.94. The molecule has 1 aliphatic rings. The van der Waals surface area contributed by atoms with Crippen molar-refractivity contribution in [3.8, 4) is 0 Å². The van der Waals surface area contributed by atoms with Crippen LogP contribution < -0.4 is 0 Å². The molecule has 0 saturated heterocycles. The van der Waals surface area contributed by atoms with Crippen molar-refractivity contribution in [3.05, 3.63) is 41.2 Å². The zero-order valence-electron chi connectivity index (χ0n) is 10.5. The zero-order chi connectivity index (χ0) is 12.1. The van der Waals surface area contributed by atoms with Crippen molar-refractivity contribution in [3.63, 3.8) is 0 Å². The molecule has 0 spiro atoms. The third-order valence-electron chi connectivity index (χ3n) is 3.73. The Hall–Kier alpha value is -1.33. The van der Waals surface area contributed by atoms with Crippen LogP contribution in [0.1, 0.15) is 37.7 Å². The van der Waals surface area contributed by atoms with Gasteiger partial charge in [-0.1, -0.05) is 43.5 Å². The van der Waals surface area contributed by atoms with Gasteiger partial charge in [0.2, 0.25) is 0 Å². The molecule has 0 aliphatic heterocycles. The summed E-state index contributed by atoms with van der Waals surface area (Å²) in [5.74, 6) is 0. The van der Waals surface area contributed by atoms with Gasteiger partial charge in [0.1, 0.15) is 0 Å². The maximum atomic E-state index is 7.18. The first-order valence-electron chi connectivity index (χ1n) is 6.47. The van der Waals surface area contributed by atoms with E-state index < -0.39 is 0 Å². The average molecular weight is 228 g/mol. The van der Waals surface area contributed by atoms with Crippen LogP contribution in [-0.4, -0.2) is 18.0 Å². The molecule has 2 nitrogen and oxygen atoms in total. The molecule has 0 atom stereocenters. The maximum Gasteiger partial charge on any atom is 0.191 e. The fraction of sp³-hybridized carbons (Fsp3) is 0.533. The van der Waals surface area contributed by atoms with Gasteiger partial charge >= 0.3 is 0 Å². The highest BCUT2D eigenvalue weighted by Gasteiger charge is 2.18. The van der Waals surface area contributed by atoms with Crippen LogP contribution in [0, 0.1) is 6.57 Å². The van der Waals surface area contributed by atoms with Crippen molar-refractivity contribution in [1.82, 2.24) is 4.90 Å². The molecule has 0 amide bonds. The Morgan fingerprint density at radius 1 is 1.24 bits per heavy atom. The molecule has 0 aromatic heterocycles. The van der Waals surface area contributed by atoms with Crippen molar-refractivity contribution >= 4 is 5.69 Å². The van der Waals surface area contributed by atoms with E-state index in [1.54, 1.807) is 0 Å². The van der Waals surface area contributed by atoms with Gasteiger partial charge in [-0.3, -0.25) is 0 Å². The third kappa shape index (κ3) is 3.08. The van der Waals surface area contributed by atoms with Crippen LogP contribution in [0.4, 0.5) is 5.69 Å². The van der Waals surface area contributed by atoms with Crippen LogP contribution in [0.15, 0.2) is 24.3 Å². The molecular formula is C15H20N2. The van der Waals surface area contributed by atoms with E-state index in [-0.39, 0.29) is 0 Å². The Balaban J connectivity index is 2.02. The van der Waals surface area contributed by atoms with Crippen LogP contribution in [0.2, 0.25) is 0 Å². The smallest absolute Gasteiger partial charge is 0.191 e. The molecule has 0 unspecified atom stereocenters. The number of nitrogens with zero attached hydrogens (tertiary/aromatic N) is 2. The van der Waals surface area contributed by atoms with Gasteiger partial charge in [0.15, 0.2) is 5.69 Å². The maximum absolute atomic E-state index is 7.18. The van der Waals surface area contributed by atoms with Crippen LogP contribution in [0.5, 0.6) is 0 Å². The quantitative estimate of drug-likeness (QED) is 0.709. The molecule has 2 heteroatoms. The Bertz CT molecular complexity index is 400. The van der Waals surface area contributed by atoms with Gasteiger partial charge in [-0.15, -0.1) is 0 Å². The molecule has 1 aromatic carbocycles. The SMILES string of the molecule is [C-]#[N+]c1ccccc1CN(C)C1CCCCC1. The highest BCUT2D eigenvalue weighted by atomic mass is 15.1. The van der Waals surface area contributed by atoms with E-state index in [0.717, 1.165) is 17.8 Å². The number of benzene rings is 1. The van der Waals surface area contributed by atoms with Gasteiger partial charge in [0.05, 0.1) is 6.57 Å². The van der Waals surface area contributed by atoms with Crippen LogP contribution in [0.25, 0.3) is 4.85 Å². The van der Waals surface area contributed by atoms with Crippen LogP contribution in [-0.2, 0) is 6.54 Å². The highest BCUT2D eigenvalue weighted by Crippen LogP contribution is 2.25. The number of para-hydroxylation sites is 1. The van der Waals surface area contributed by atoms with E-state index in [4.69, 9.17) is 6.57 Å².